The van der Waals surface area contributed by atoms with Gasteiger partial charge in [0.2, 0.25) is 0 Å². The van der Waals surface area contributed by atoms with Gasteiger partial charge in [-0.05, 0) is 0 Å². The van der Waals surface area contributed by atoms with Crippen LogP contribution in [0.5, 0.6) is 0 Å². The summed E-state index contributed by atoms with van der Waals surface area (Å²) in [6, 6.07) is 0. The Morgan fingerprint density at radius 3 is 2.43 bits per heavy atom. The highest BCUT2D eigenvalue weighted by Gasteiger charge is 2.45. The van der Waals surface area contributed by atoms with Crippen LogP contribution in [0.1, 0.15) is 0 Å². The Kier molecular flexibility index (Phi) is 5.52. The van der Waals surface area contributed by atoms with Gasteiger partial charge in [0.05, 0.1) is 6.61 Å². The summed E-state index contributed by atoms with van der Waals surface area (Å²) in [6.45, 7) is 0.285. The fraction of sp³-hybridized carbons (Fsp3) is 1.00. The summed E-state index contributed by atoms with van der Waals surface area (Å²) in [4.78, 5) is 4.55. The molecular formula is C7H15IN2O4. The lowest BCUT2D eigenvalue weighted by molar-refractivity contribution is -0.0573. The summed E-state index contributed by atoms with van der Waals surface area (Å²) in [6.07, 6.45) is -0.735. The van der Waals surface area contributed by atoms with Crippen molar-refractivity contribution in [3.63, 3.8) is 0 Å². The van der Waals surface area contributed by atoms with Gasteiger partial charge < -0.3 is 19.0 Å². The molecule has 84 valence electrons. The van der Waals surface area contributed by atoms with Crippen LogP contribution in [-0.2, 0) is 19.0 Å². The highest BCUT2D eigenvalue weighted by molar-refractivity contribution is 14.1. The topological polar surface area (TPSA) is 75.0 Å². The molecule has 0 aromatic rings. The molecule has 4 atom stereocenters. The monoisotopic (exact) mass is 318 g/mol. The smallest absolute Gasteiger partial charge is 0.146 e. The van der Waals surface area contributed by atoms with Crippen LogP contribution in [0.25, 0.3) is 0 Å². The van der Waals surface area contributed by atoms with Crippen LogP contribution in [-0.4, -0.2) is 45.4 Å². The number of ether oxygens (including phenoxy) is 3. The number of hydrogen-bond donors (Lipinski definition) is 2. The molecule has 0 saturated carbocycles. The van der Waals surface area contributed by atoms with Crippen molar-refractivity contribution in [2.45, 2.75) is 24.5 Å². The second-order valence-electron chi connectivity index (χ2n) is 2.94. The summed E-state index contributed by atoms with van der Waals surface area (Å²) in [5.74, 6) is 5.00. The molecule has 14 heavy (non-hydrogen) atoms. The molecule has 0 aliphatic carbocycles. The summed E-state index contributed by atoms with van der Waals surface area (Å²) in [5.41, 5.74) is 0. The van der Waals surface area contributed by atoms with E-state index in [0.29, 0.717) is 0 Å². The molecule has 0 bridgehead atoms. The average Bonchev–Trinajstić information content (AvgIpc) is 2.55. The predicted octanol–water partition coefficient (Wildman–Crippen LogP) is -0.429. The molecule has 6 nitrogen and oxygen atoms in total. The molecule has 7 heteroatoms. The lowest BCUT2D eigenvalue weighted by Crippen LogP contribution is -2.40. The van der Waals surface area contributed by atoms with E-state index >= 15 is 0 Å². The molecule has 0 amide bonds. The molecule has 1 fully saturated rings. The summed E-state index contributed by atoms with van der Waals surface area (Å²) in [5, 5.41) is 0. The van der Waals surface area contributed by atoms with Gasteiger partial charge in [0.25, 0.3) is 0 Å². The zero-order valence-corrected chi connectivity index (χ0v) is 10.3. The van der Waals surface area contributed by atoms with Crippen LogP contribution in [0.15, 0.2) is 0 Å². The van der Waals surface area contributed by atoms with Crippen LogP contribution in [0.4, 0.5) is 0 Å². The Hall–Kier alpha value is 0.490. The zero-order chi connectivity index (χ0) is 10.6. The number of rotatable bonds is 5. The third-order valence-corrected chi connectivity index (χ3v) is 2.84. The normalized spacial score (nSPS) is 37.7. The van der Waals surface area contributed by atoms with Gasteiger partial charge >= 0.3 is 0 Å². The van der Waals surface area contributed by atoms with E-state index < -0.39 is 0 Å². The minimum absolute atomic E-state index is 0.156. The molecular weight excluding hydrogens is 303 g/mol. The number of halogens is 1. The number of nitrogens with one attached hydrogen (secondary N) is 1. The SMILES string of the molecule is COC1C(OC)[C@@H](CON)O[C@H]1NI. The fourth-order valence-electron chi connectivity index (χ4n) is 1.59. The maximum atomic E-state index is 5.58. The maximum Gasteiger partial charge on any atom is 0.146 e. The van der Waals surface area contributed by atoms with Crippen molar-refractivity contribution in [3.05, 3.63) is 0 Å². The molecule has 0 aromatic heterocycles. The Bertz CT molecular complexity index is 174. The van der Waals surface area contributed by atoms with Crippen molar-refractivity contribution < 1.29 is 19.0 Å². The first-order chi connectivity index (χ1) is 6.78. The maximum absolute atomic E-state index is 5.58. The van der Waals surface area contributed by atoms with Crippen LogP contribution in [0.2, 0.25) is 0 Å². The summed E-state index contributed by atoms with van der Waals surface area (Å²) < 4.78 is 19.1. The van der Waals surface area contributed by atoms with Crippen LogP contribution < -0.4 is 9.43 Å². The van der Waals surface area contributed by atoms with Crippen molar-refractivity contribution in [3.8, 4) is 0 Å². The molecule has 0 spiro atoms. The Morgan fingerprint density at radius 1 is 1.36 bits per heavy atom. The van der Waals surface area contributed by atoms with Gasteiger partial charge in [0, 0.05) is 37.1 Å². The van der Waals surface area contributed by atoms with Gasteiger partial charge in [-0.2, -0.15) is 0 Å². The van der Waals surface area contributed by atoms with Crippen LogP contribution in [0.3, 0.4) is 0 Å². The van der Waals surface area contributed by atoms with Gasteiger partial charge in [0.1, 0.15) is 24.5 Å². The Balaban J connectivity index is 2.62. The highest BCUT2D eigenvalue weighted by Crippen LogP contribution is 2.25. The molecule has 2 unspecified atom stereocenters. The summed E-state index contributed by atoms with van der Waals surface area (Å²) in [7, 11) is 3.23. The van der Waals surface area contributed by atoms with Crippen molar-refractivity contribution in [2.75, 3.05) is 20.8 Å². The first kappa shape index (κ1) is 12.6. The van der Waals surface area contributed by atoms with Gasteiger partial charge in [-0.25, -0.2) is 9.43 Å². The number of nitrogens with two attached hydrogens (primary N) is 1. The summed E-state index contributed by atoms with van der Waals surface area (Å²) >= 11 is 2.01. The van der Waals surface area contributed by atoms with E-state index in [1.165, 1.54) is 0 Å². The van der Waals surface area contributed by atoms with E-state index in [-0.39, 0.29) is 31.1 Å². The third-order valence-electron chi connectivity index (χ3n) is 2.22. The molecule has 1 saturated heterocycles. The Morgan fingerprint density at radius 2 is 2.00 bits per heavy atom. The molecule has 1 aliphatic rings. The first-order valence-corrected chi connectivity index (χ1v) is 5.25. The zero-order valence-electron chi connectivity index (χ0n) is 8.10. The minimum Gasteiger partial charge on any atom is -0.376 e. The lowest BCUT2D eigenvalue weighted by Gasteiger charge is -2.20. The molecule has 1 heterocycles. The van der Waals surface area contributed by atoms with E-state index in [4.69, 9.17) is 20.1 Å². The second kappa shape index (κ2) is 6.16. The van der Waals surface area contributed by atoms with Crippen LogP contribution in [0, 0.1) is 0 Å². The standard InChI is InChI=1S/C7H15IN2O4/c1-11-5-4(3-13-9)14-7(10-8)6(5)12-2/h4-7,10H,3,9H2,1-2H3/t4-,5?,6?,7-/m1/s1. The third kappa shape index (κ3) is 2.54. The van der Waals surface area contributed by atoms with Crippen molar-refractivity contribution in [1.82, 2.24) is 3.53 Å². The second-order valence-corrected chi connectivity index (χ2v) is 3.56. The van der Waals surface area contributed by atoms with E-state index in [9.17, 15) is 0 Å². The molecule has 3 N–H and O–H groups in total. The lowest BCUT2D eigenvalue weighted by atomic mass is 10.1. The van der Waals surface area contributed by atoms with E-state index in [0.717, 1.165) is 0 Å². The van der Waals surface area contributed by atoms with Crippen molar-refractivity contribution in [2.24, 2.45) is 5.90 Å². The minimum atomic E-state index is -0.206. The fourth-order valence-corrected chi connectivity index (χ4v) is 2.09. The first-order valence-electron chi connectivity index (χ1n) is 4.17. The predicted molar refractivity (Wildman–Crippen MR) is 57.6 cm³/mol. The largest absolute Gasteiger partial charge is 0.376 e. The molecule has 0 aromatic carbocycles. The molecule has 1 aliphatic heterocycles. The van der Waals surface area contributed by atoms with Gasteiger partial charge in [-0.15, -0.1) is 0 Å². The molecule has 1 rings (SSSR count). The Labute approximate surface area is 96.8 Å². The van der Waals surface area contributed by atoms with Crippen molar-refractivity contribution in [1.29, 1.82) is 0 Å². The van der Waals surface area contributed by atoms with E-state index in [2.05, 4.69) is 8.37 Å². The molecule has 0 radical (unpaired) electrons. The quantitative estimate of drug-likeness (QED) is 0.407. The number of hydrogen-bond acceptors (Lipinski definition) is 6. The van der Waals surface area contributed by atoms with Gasteiger partial charge in [0.15, 0.2) is 0 Å². The highest BCUT2D eigenvalue weighted by atomic mass is 127. The van der Waals surface area contributed by atoms with Crippen molar-refractivity contribution >= 4 is 22.9 Å². The van der Waals surface area contributed by atoms with Gasteiger partial charge in [-0.3, -0.25) is 0 Å². The van der Waals surface area contributed by atoms with Crippen LogP contribution >= 0.6 is 22.9 Å². The average molecular weight is 318 g/mol. The van der Waals surface area contributed by atoms with E-state index in [1.54, 1.807) is 14.2 Å². The number of methoxy groups -OCH3 is 2. The van der Waals surface area contributed by atoms with Gasteiger partial charge in [-0.1, -0.05) is 0 Å². The van der Waals surface area contributed by atoms with E-state index in [1.807, 2.05) is 22.9 Å².